The van der Waals surface area contributed by atoms with Gasteiger partial charge in [-0.25, -0.2) is 18.4 Å². The average molecular weight is 605 g/mol. The zero-order chi connectivity index (χ0) is 30.7. The summed E-state index contributed by atoms with van der Waals surface area (Å²) in [6.07, 6.45) is 0.114. The number of hydrogen-bond donors (Lipinski definition) is 2. The minimum Gasteiger partial charge on any atom is -0.511 e. The van der Waals surface area contributed by atoms with Crippen LogP contribution >= 0.6 is 0 Å². The van der Waals surface area contributed by atoms with E-state index >= 15 is 0 Å². The van der Waals surface area contributed by atoms with Crippen molar-refractivity contribution in [2.45, 2.75) is 70.6 Å². The number of ether oxygens (including phenoxy) is 1. The van der Waals surface area contributed by atoms with Gasteiger partial charge in [0.25, 0.3) is 10.0 Å². The molecule has 2 aromatic rings. The van der Waals surface area contributed by atoms with Crippen LogP contribution in [-0.4, -0.2) is 37.8 Å². The van der Waals surface area contributed by atoms with Crippen molar-refractivity contribution in [2.24, 2.45) is 5.14 Å². The number of nitrogens with zero attached hydrogens (tertiary/aromatic N) is 1. The van der Waals surface area contributed by atoms with Crippen molar-refractivity contribution in [3.8, 4) is 0 Å². The summed E-state index contributed by atoms with van der Waals surface area (Å²) in [5.74, 6) is -0.898. The predicted octanol–water partition coefficient (Wildman–Crippen LogP) is 6.47. The Kier molecular flexibility index (Phi) is 9.22. The number of cyclic esters (lactones) is 1. The lowest BCUT2D eigenvalue weighted by Crippen LogP contribution is -2.40. The summed E-state index contributed by atoms with van der Waals surface area (Å²) in [7, 11) is -4.41. The van der Waals surface area contributed by atoms with Gasteiger partial charge in [-0.05, 0) is 60.6 Å². The summed E-state index contributed by atoms with van der Waals surface area (Å²) >= 11 is 0. The maximum atomic E-state index is 13.7. The second-order valence-electron chi connectivity index (χ2n) is 10.7. The molecule has 0 aliphatic carbocycles. The van der Waals surface area contributed by atoms with E-state index in [9.17, 15) is 31.5 Å². The van der Waals surface area contributed by atoms with E-state index in [1.807, 2.05) is 44.2 Å². The smallest absolute Gasteiger partial charge is 0.414 e. The minimum atomic E-state index is -4.70. The molecule has 1 unspecified atom stereocenters. The number of rotatable bonds is 10. The van der Waals surface area contributed by atoms with Crippen LogP contribution in [0.5, 0.6) is 0 Å². The van der Waals surface area contributed by atoms with Crippen LogP contribution in [0.25, 0.3) is 5.57 Å². The van der Waals surface area contributed by atoms with E-state index < -0.39 is 44.9 Å². The van der Waals surface area contributed by atoms with Crippen molar-refractivity contribution in [3.63, 3.8) is 0 Å². The maximum Gasteiger partial charge on any atom is 0.414 e. The van der Waals surface area contributed by atoms with Crippen molar-refractivity contribution in [1.82, 2.24) is 0 Å². The zero-order valence-corrected chi connectivity index (χ0v) is 24.4. The van der Waals surface area contributed by atoms with Crippen molar-refractivity contribution in [2.75, 3.05) is 11.4 Å². The van der Waals surface area contributed by atoms with E-state index in [2.05, 4.69) is 0 Å². The van der Waals surface area contributed by atoms with Gasteiger partial charge < -0.3 is 14.7 Å². The molecule has 0 aromatic heterocycles. The summed E-state index contributed by atoms with van der Waals surface area (Å²) in [6, 6.07) is 14.3. The number of primary sulfonamides is 1. The molecule has 2 aliphatic heterocycles. The number of benzene rings is 2. The molecular formula is C31H35F3N2O5S. The Labute approximate surface area is 244 Å². The van der Waals surface area contributed by atoms with Gasteiger partial charge in [-0.1, -0.05) is 69.2 Å². The van der Waals surface area contributed by atoms with Crippen molar-refractivity contribution < 1.29 is 36.2 Å². The Morgan fingerprint density at radius 3 is 2.31 bits per heavy atom. The highest BCUT2D eigenvalue weighted by atomic mass is 32.2. The third-order valence-electron chi connectivity index (χ3n) is 7.60. The quantitative estimate of drug-likeness (QED) is 0.301. The van der Waals surface area contributed by atoms with Crippen molar-refractivity contribution in [3.05, 3.63) is 93.7 Å². The normalized spacial score (nSPS) is 19.9. The molecule has 11 heteroatoms. The molecule has 3 N–H and O–H groups in total. The fourth-order valence-electron chi connectivity index (χ4n) is 5.71. The van der Waals surface area contributed by atoms with Crippen LogP contribution < -0.4 is 10.0 Å². The van der Waals surface area contributed by atoms with E-state index in [-0.39, 0.29) is 35.4 Å². The summed E-state index contributed by atoms with van der Waals surface area (Å²) in [5, 5.41) is 16.3. The molecule has 7 nitrogen and oxygen atoms in total. The summed E-state index contributed by atoms with van der Waals surface area (Å²) < 4.78 is 71.9. The molecule has 2 aromatic carbocycles. The molecule has 1 atom stereocenters. The lowest BCUT2D eigenvalue weighted by atomic mass is 9.82. The number of nitrogens with two attached hydrogens (primary N) is 1. The monoisotopic (exact) mass is 604 g/mol. The minimum absolute atomic E-state index is 0.0727. The number of allylic oxidation sites excluding steroid dienone is 2. The molecule has 0 saturated heterocycles. The van der Waals surface area contributed by atoms with Crippen LogP contribution in [0.1, 0.15) is 62.6 Å². The molecule has 0 bridgehead atoms. The third-order valence-corrected chi connectivity index (χ3v) is 8.54. The van der Waals surface area contributed by atoms with Crippen molar-refractivity contribution in [1.29, 1.82) is 0 Å². The van der Waals surface area contributed by atoms with Gasteiger partial charge in [0.2, 0.25) is 0 Å². The number of aryl methyl sites for hydroxylation is 1. The number of esters is 1. The number of sulfonamides is 1. The molecule has 42 heavy (non-hydrogen) atoms. The van der Waals surface area contributed by atoms with E-state index in [0.717, 1.165) is 16.5 Å². The first-order chi connectivity index (χ1) is 19.8. The summed E-state index contributed by atoms with van der Waals surface area (Å²) in [6.45, 7) is 3.02. The fourth-order valence-corrected chi connectivity index (χ4v) is 6.44. The molecule has 4 rings (SSSR count). The largest absolute Gasteiger partial charge is 0.511 e. The second-order valence-corrected chi connectivity index (χ2v) is 12.2. The maximum absolute atomic E-state index is 13.7. The van der Waals surface area contributed by atoms with E-state index in [0.29, 0.717) is 43.7 Å². The number of aliphatic hydroxyl groups excluding tert-OH is 1. The second kappa shape index (κ2) is 12.3. The molecule has 0 radical (unpaired) electrons. The SMILES string of the molecule is CCCc1c(C2=C(O)CC(CCC)(CCc3ccccc3)OC2=O)cccc1N1CC(C(F)(F)F)=CC=C1S(N)(=O)=O. The van der Waals surface area contributed by atoms with E-state index in [1.54, 1.807) is 6.07 Å². The zero-order valence-electron chi connectivity index (χ0n) is 23.6. The molecule has 226 valence electrons. The number of alkyl halides is 3. The summed E-state index contributed by atoms with van der Waals surface area (Å²) in [5.41, 5.74) is -0.0387. The Bertz CT molecular complexity index is 1530. The Hall–Kier alpha value is -3.57. The molecular weight excluding hydrogens is 569 g/mol. The van der Waals surface area contributed by atoms with Crippen LogP contribution in [0.2, 0.25) is 0 Å². The standard InChI is InChI=1S/C31H35F3N2O5S/c1-3-9-23-24(12-8-13-25(23)36-20-22(31(32,33)34)14-15-27(36)42(35,39)40)28-26(37)19-30(17-4-2,41-29(28)38)18-16-21-10-6-5-7-11-21/h5-8,10-15,37H,3-4,9,16-20H2,1-2H3,(H2,35,39,40). The van der Waals surface area contributed by atoms with E-state index in [1.165, 1.54) is 12.1 Å². The van der Waals surface area contributed by atoms with Gasteiger partial charge in [-0.2, -0.15) is 13.2 Å². The summed E-state index contributed by atoms with van der Waals surface area (Å²) in [4.78, 5) is 14.6. The Balaban J connectivity index is 1.78. The van der Waals surface area contributed by atoms with Crippen LogP contribution in [0, 0.1) is 0 Å². The first-order valence-corrected chi connectivity index (χ1v) is 15.4. The molecule has 0 saturated carbocycles. The number of carbonyl (C=O) groups excluding carboxylic acids is 1. The molecule has 0 amide bonds. The number of anilines is 1. The predicted molar refractivity (Wildman–Crippen MR) is 156 cm³/mol. The molecule has 0 spiro atoms. The van der Waals surface area contributed by atoms with Crippen LogP contribution in [0.4, 0.5) is 18.9 Å². The highest BCUT2D eigenvalue weighted by molar-refractivity contribution is 7.93. The van der Waals surface area contributed by atoms with Crippen LogP contribution in [0.15, 0.2) is 77.0 Å². The Morgan fingerprint density at radius 1 is 1.00 bits per heavy atom. The molecule has 2 heterocycles. The lowest BCUT2D eigenvalue weighted by Gasteiger charge is -2.38. The van der Waals surface area contributed by atoms with Crippen molar-refractivity contribution >= 4 is 27.3 Å². The van der Waals surface area contributed by atoms with Gasteiger partial charge in [0, 0.05) is 12.1 Å². The first-order valence-electron chi connectivity index (χ1n) is 13.9. The number of hydrogen-bond acceptors (Lipinski definition) is 6. The van der Waals surface area contributed by atoms with Gasteiger partial charge in [0.05, 0.1) is 12.1 Å². The number of carbonyl (C=O) groups is 1. The van der Waals surface area contributed by atoms with Gasteiger partial charge >= 0.3 is 12.1 Å². The first kappa shape index (κ1) is 31.4. The number of halogens is 3. The fraction of sp³-hybridized carbons (Fsp3) is 0.387. The molecule has 2 aliphatic rings. The van der Waals surface area contributed by atoms with Gasteiger partial charge in [-0.3, -0.25) is 0 Å². The van der Waals surface area contributed by atoms with Crippen LogP contribution in [-0.2, 0) is 32.4 Å². The highest BCUT2D eigenvalue weighted by Gasteiger charge is 2.43. The van der Waals surface area contributed by atoms with Gasteiger partial charge in [-0.15, -0.1) is 0 Å². The lowest BCUT2D eigenvalue weighted by molar-refractivity contribution is -0.157. The topological polar surface area (TPSA) is 110 Å². The highest BCUT2D eigenvalue weighted by Crippen LogP contribution is 2.43. The van der Waals surface area contributed by atoms with E-state index in [4.69, 9.17) is 9.88 Å². The van der Waals surface area contributed by atoms with Gasteiger partial charge in [0.15, 0.2) is 5.03 Å². The third kappa shape index (κ3) is 6.73. The average Bonchev–Trinajstić information content (AvgIpc) is 2.92. The molecule has 0 fully saturated rings. The van der Waals surface area contributed by atoms with Gasteiger partial charge in [0.1, 0.15) is 16.9 Å². The number of aliphatic hydroxyl groups is 1. The van der Waals surface area contributed by atoms with Crippen LogP contribution in [0.3, 0.4) is 0 Å². The Morgan fingerprint density at radius 2 is 1.71 bits per heavy atom.